The first-order valence-electron chi connectivity index (χ1n) is 6.89. The highest BCUT2D eigenvalue weighted by Gasteiger charge is 2.41. The van der Waals surface area contributed by atoms with E-state index in [2.05, 4.69) is 45.9 Å². The number of methoxy groups -OCH3 is 1. The third-order valence-corrected chi connectivity index (χ3v) is 3.88. The van der Waals surface area contributed by atoms with Crippen LogP contribution >= 0.6 is 0 Å². The Morgan fingerprint density at radius 2 is 1.95 bits per heavy atom. The second-order valence-corrected chi connectivity index (χ2v) is 6.49. The second kappa shape index (κ2) is 5.14. The number of hydrogen-bond donors (Lipinski definition) is 1. The van der Waals surface area contributed by atoms with Crippen LogP contribution in [0.5, 0.6) is 5.75 Å². The van der Waals surface area contributed by atoms with E-state index in [1.54, 1.807) is 7.11 Å². The van der Waals surface area contributed by atoms with E-state index >= 15 is 0 Å². The highest BCUT2D eigenvalue weighted by atomic mass is 16.5. The minimum absolute atomic E-state index is 0.0155. The maximum atomic E-state index is 6.02. The first-order valence-corrected chi connectivity index (χ1v) is 6.89. The number of hydrogen-bond acceptors (Lipinski definition) is 3. The van der Waals surface area contributed by atoms with Crippen molar-refractivity contribution in [3.63, 3.8) is 0 Å². The molecule has 0 spiro atoms. The van der Waals surface area contributed by atoms with E-state index in [4.69, 9.17) is 15.2 Å². The standard InChI is InChI=1S/C16H25NO2/c1-10-8-11(16(2,3)4)6-7-13(10)19-14-9-12(17)15(14)18-5/h6-8,12,14-15H,9,17H2,1-5H3. The maximum Gasteiger partial charge on any atom is 0.128 e. The fraction of sp³-hybridized carbons (Fsp3) is 0.625. The lowest BCUT2D eigenvalue weighted by Gasteiger charge is -2.41. The van der Waals surface area contributed by atoms with Crippen LogP contribution in [0.25, 0.3) is 0 Å². The largest absolute Gasteiger partial charge is 0.487 e. The summed E-state index contributed by atoms with van der Waals surface area (Å²) < 4.78 is 11.4. The summed E-state index contributed by atoms with van der Waals surface area (Å²) in [6, 6.07) is 6.51. The summed E-state index contributed by atoms with van der Waals surface area (Å²) >= 11 is 0. The summed E-state index contributed by atoms with van der Waals surface area (Å²) in [6.07, 6.45) is 0.958. The summed E-state index contributed by atoms with van der Waals surface area (Å²) in [7, 11) is 1.69. The van der Waals surface area contributed by atoms with Gasteiger partial charge in [-0.3, -0.25) is 0 Å². The van der Waals surface area contributed by atoms with Crippen LogP contribution in [0.15, 0.2) is 18.2 Å². The predicted molar refractivity (Wildman–Crippen MR) is 77.7 cm³/mol. The molecule has 1 fully saturated rings. The van der Waals surface area contributed by atoms with Gasteiger partial charge in [0, 0.05) is 19.6 Å². The Bertz CT molecular complexity index is 451. The SMILES string of the molecule is COC1C(N)CC1Oc1ccc(C(C)(C)C)cc1C. The van der Waals surface area contributed by atoms with Crippen LogP contribution in [-0.4, -0.2) is 25.4 Å². The highest BCUT2D eigenvalue weighted by Crippen LogP contribution is 2.31. The minimum Gasteiger partial charge on any atom is -0.487 e. The lowest BCUT2D eigenvalue weighted by molar-refractivity contribution is -0.0784. The van der Waals surface area contributed by atoms with Gasteiger partial charge in [-0.05, 0) is 29.5 Å². The number of ether oxygens (including phenoxy) is 2. The van der Waals surface area contributed by atoms with Gasteiger partial charge in [0.1, 0.15) is 18.0 Å². The van der Waals surface area contributed by atoms with Crippen LogP contribution < -0.4 is 10.5 Å². The van der Waals surface area contributed by atoms with Crippen LogP contribution in [0.4, 0.5) is 0 Å². The minimum atomic E-state index is 0.0155. The van der Waals surface area contributed by atoms with Gasteiger partial charge >= 0.3 is 0 Å². The number of aryl methyl sites for hydroxylation is 1. The summed E-state index contributed by atoms with van der Waals surface area (Å²) in [4.78, 5) is 0. The molecule has 1 aliphatic carbocycles. The second-order valence-electron chi connectivity index (χ2n) is 6.49. The monoisotopic (exact) mass is 263 g/mol. The molecule has 3 unspecified atom stereocenters. The summed E-state index contributed by atoms with van der Waals surface area (Å²) in [5.41, 5.74) is 8.55. The zero-order valence-corrected chi connectivity index (χ0v) is 12.6. The van der Waals surface area contributed by atoms with Crippen molar-refractivity contribution in [2.24, 2.45) is 5.73 Å². The van der Waals surface area contributed by atoms with E-state index in [0.717, 1.165) is 12.2 Å². The molecule has 0 amide bonds. The van der Waals surface area contributed by atoms with Crippen molar-refractivity contribution in [2.75, 3.05) is 7.11 Å². The molecule has 2 N–H and O–H groups in total. The molecule has 1 aromatic carbocycles. The Morgan fingerprint density at radius 3 is 2.42 bits per heavy atom. The van der Waals surface area contributed by atoms with Crippen molar-refractivity contribution in [1.29, 1.82) is 0 Å². The molecule has 1 saturated carbocycles. The molecule has 1 aliphatic rings. The smallest absolute Gasteiger partial charge is 0.128 e. The first kappa shape index (κ1) is 14.4. The molecule has 3 atom stereocenters. The molecular weight excluding hydrogens is 238 g/mol. The van der Waals surface area contributed by atoms with Gasteiger partial charge in [-0.1, -0.05) is 32.9 Å². The Morgan fingerprint density at radius 1 is 1.26 bits per heavy atom. The maximum absolute atomic E-state index is 6.02. The van der Waals surface area contributed by atoms with Crippen molar-refractivity contribution in [2.45, 2.75) is 57.8 Å². The molecule has 0 radical (unpaired) electrons. The van der Waals surface area contributed by atoms with Crippen molar-refractivity contribution in [3.05, 3.63) is 29.3 Å². The molecule has 3 heteroatoms. The van der Waals surface area contributed by atoms with Crippen molar-refractivity contribution in [1.82, 2.24) is 0 Å². The van der Waals surface area contributed by atoms with E-state index in [1.165, 1.54) is 11.1 Å². The first-order chi connectivity index (χ1) is 8.82. The number of nitrogens with two attached hydrogens (primary N) is 1. The summed E-state index contributed by atoms with van der Waals surface area (Å²) in [6.45, 7) is 8.74. The van der Waals surface area contributed by atoms with Gasteiger partial charge in [-0.2, -0.15) is 0 Å². The van der Waals surface area contributed by atoms with Gasteiger partial charge in [-0.15, -0.1) is 0 Å². The average Bonchev–Trinajstić information content (AvgIpc) is 2.29. The summed E-state index contributed by atoms with van der Waals surface area (Å²) in [5.74, 6) is 0.937. The van der Waals surface area contributed by atoms with Gasteiger partial charge < -0.3 is 15.2 Å². The molecule has 1 aromatic rings. The van der Waals surface area contributed by atoms with Crippen LogP contribution in [0, 0.1) is 6.92 Å². The molecule has 0 heterocycles. The zero-order valence-electron chi connectivity index (χ0n) is 12.6. The van der Waals surface area contributed by atoms with Gasteiger partial charge in [0.05, 0.1) is 0 Å². The molecule has 19 heavy (non-hydrogen) atoms. The molecule has 2 rings (SSSR count). The van der Waals surface area contributed by atoms with E-state index in [0.29, 0.717) is 0 Å². The zero-order chi connectivity index (χ0) is 14.2. The van der Waals surface area contributed by atoms with Gasteiger partial charge in [0.25, 0.3) is 0 Å². The Hall–Kier alpha value is -1.06. The fourth-order valence-electron chi connectivity index (χ4n) is 2.47. The average molecular weight is 263 g/mol. The Labute approximate surface area is 116 Å². The van der Waals surface area contributed by atoms with E-state index < -0.39 is 0 Å². The third-order valence-electron chi connectivity index (χ3n) is 3.88. The van der Waals surface area contributed by atoms with Gasteiger partial charge in [0.15, 0.2) is 0 Å². The summed E-state index contributed by atoms with van der Waals surface area (Å²) in [5, 5.41) is 0. The number of rotatable bonds is 3. The Kier molecular flexibility index (Phi) is 3.88. The molecular formula is C16H25NO2. The van der Waals surface area contributed by atoms with E-state index in [9.17, 15) is 0 Å². The van der Waals surface area contributed by atoms with Crippen molar-refractivity contribution < 1.29 is 9.47 Å². The predicted octanol–water partition coefficient (Wildman–Crippen LogP) is 2.79. The quantitative estimate of drug-likeness (QED) is 0.912. The van der Waals surface area contributed by atoms with E-state index in [-0.39, 0.29) is 23.7 Å². The third kappa shape index (κ3) is 2.93. The van der Waals surface area contributed by atoms with Crippen molar-refractivity contribution >= 4 is 0 Å². The van der Waals surface area contributed by atoms with Crippen molar-refractivity contribution in [3.8, 4) is 5.75 Å². The lowest BCUT2D eigenvalue weighted by Crippen LogP contribution is -2.59. The molecule has 0 saturated heterocycles. The fourth-order valence-corrected chi connectivity index (χ4v) is 2.47. The molecule has 106 valence electrons. The molecule has 0 aliphatic heterocycles. The van der Waals surface area contributed by atoms with Gasteiger partial charge in [-0.25, -0.2) is 0 Å². The van der Waals surface area contributed by atoms with Crippen LogP contribution in [0.2, 0.25) is 0 Å². The topological polar surface area (TPSA) is 44.5 Å². The van der Waals surface area contributed by atoms with Crippen LogP contribution in [0.1, 0.15) is 38.3 Å². The van der Waals surface area contributed by atoms with Crippen LogP contribution in [0.3, 0.4) is 0 Å². The Balaban J connectivity index is 2.10. The molecule has 0 bridgehead atoms. The molecule has 3 nitrogen and oxygen atoms in total. The lowest BCUT2D eigenvalue weighted by atomic mass is 9.85. The van der Waals surface area contributed by atoms with Gasteiger partial charge in [0.2, 0.25) is 0 Å². The van der Waals surface area contributed by atoms with Crippen LogP contribution in [-0.2, 0) is 10.2 Å². The van der Waals surface area contributed by atoms with E-state index in [1.807, 2.05) is 0 Å². The number of benzene rings is 1. The normalized spacial score (nSPS) is 26.9. The molecule has 0 aromatic heterocycles. The highest BCUT2D eigenvalue weighted by molar-refractivity contribution is 5.39.